The summed E-state index contributed by atoms with van der Waals surface area (Å²) in [5.41, 5.74) is 5.60. The standard InChI is InChI=1S/C18H16ClN3O2S/c1-11-17(18(19)22(2)20-11)25(23,24)21-14-7-8-16-13(10-14)9-12-5-3-4-6-15(12)16/h3-8,10,21H,9H2,1-2H3. The molecule has 0 spiro atoms. The van der Waals surface area contributed by atoms with Crippen molar-refractivity contribution in [1.82, 2.24) is 9.78 Å². The van der Waals surface area contributed by atoms with Crippen LogP contribution in [0.25, 0.3) is 11.1 Å². The number of halogens is 1. The molecule has 25 heavy (non-hydrogen) atoms. The first-order valence-corrected chi connectivity index (χ1v) is 9.66. The van der Waals surface area contributed by atoms with Crippen molar-refractivity contribution in [3.63, 3.8) is 0 Å². The minimum absolute atomic E-state index is 0.0143. The van der Waals surface area contributed by atoms with Crippen LogP contribution in [-0.4, -0.2) is 18.2 Å². The Morgan fingerprint density at radius 1 is 1.12 bits per heavy atom. The maximum atomic E-state index is 12.7. The first-order valence-electron chi connectivity index (χ1n) is 7.80. The number of nitrogens with zero attached hydrogens (tertiary/aromatic N) is 2. The van der Waals surface area contributed by atoms with E-state index in [-0.39, 0.29) is 10.0 Å². The molecule has 0 unspecified atom stereocenters. The molecule has 128 valence electrons. The minimum atomic E-state index is -3.80. The second-order valence-corrected chi connectivity index (χ2v) is 8.12. The Morgan fingerprint density at radius 3 is 2.56 bits per heavy atom. The molecule has 0 bridgehead atoms. The number of aryl methyl sites for hydroxylation is 2. The monoisotopic (exact) mass is 373 g/mol. The van der Waals surface area contributed by atoms with Gasteiger partial charge in [-0.3, -0.25) is 9.40 Å². The van der Waals surface area contributed by atoms with Crippen molar-refractivity contribution < 1.29 is 8.42 Å². The van der Waals surface area contributed by atoms with Crippen LogP contribution in [0, 0.1) is 6.92 Å². The highest BCUT2D eigenvalue weighted by molar-refractivity contribution is 7.92. The van der Waals surface area contributed by atoms with Gasteiger partial charge >= 0.3 is 0 Å². The molecule has 7 heteroatoms. The van der Waals surface area contributed by atoms with Crippen LogP contribution in [0.4, 0.5) is 5.69 Å². The summed E-state index contributed by atoms with van der Waals surface area (Å²) >= 11 is 6.10. The largest absolute Gasteiger partial charge is 0.279 e. The Bertz CT molecular complexity index is 1100. The van der Waals surface area contributed by atoms with E-state index in [0.29, 0.717) is 11.4 Å². The number of fused-ring (bicyclic) bond motifs is 3. The zero-order valence-corrected chi connectivity index (χ0v) is 15.3. The van der Waals surface area contributed by atoms with E-state index in [9.17, 15) is 8.42 Å². The average Bonchev–Trinajstić information content (AvgIpc) is 3.03. The number of benzene rings is 2. The van der Waals surface area contributed by atoms with E-state index >= 15 is 0 Å². The molecule has 0 aliphatic heterocycles. The van der Waals surface area contributed by atoms with Crippen LogP contribution in [0.5, 0.6) is 0 Å². The van der Waals surface area contributed by atoms with E-state index in [1.807, 2.05) is 24.3 Å². The van der Waals surface area contributed by atoms with Crippen LogP contribution in [0.2, 0.25) is 5.15 Å². The van der Waals surface area contributed by atoms with Gasteiger partial charge in [-0.15, -0.1) is 0 Å². The van der Waals surface area contributed by atoms with Crippen LogP contribution in [0.1, 0.15) is 16.8 Å². The summed E-state index contributed by atoms with van der Waals surface area (Å²) in [6, 6.07) is 13.8. The Hall–Kier alpha value is -2.31. The number of rotatable bonds is 3. The maximum absolute atomic E-state index is 12.7. The van der Waals surface area contributed by atoms with Gasteiger partial charge in [0.25, 0.3) is 10.0 Å². The molecule has 0 fully saturated rings. The average molecular weight is 374 g/mol. The van der Waals surface area contributed by atoms with Crippen LogP contribution in [0.15, 0.2) is 47.4 Å². The van der Waals surface area contributed by atoms with Gasteiger partial charge in [0.1, 0.15) is 10.0 Å². The molecule has 2 aromatic carbocycles. The van der Waals surface area contributed by atoms with E-state index in [1.54, 1.807) is 20.0 Å². The lowest BCUT2D eigenvalue weighted by Gasteiger charge is -2.10. The minimum Gasteiger partial charge on any atom is -0.279 e. The molecule has 0 atom stereocenters. The van der Waals surface area contributed by atoms with Crippen LogP contribution >= 0.6 is 11.6 Å². The molecule has 1 aliphatic carbocycles. The molecule has 0 radical (unpaired) electrons. The third kappa shape index (κ3) is 2.62. The van der Waals surface area contributed by atoms with Gasteiger partial charge in [0.2, 0.25) is 0 Å². The van der Waals surface area contributed by atoms with Crippen molar-refractivity contribution in [1.29, 1.82) is 0 Å². The fraction of sp³-hybridized carbons (Fsp3) is 0.167. The number of aromatic nitrogens is 2. The highest BCUT2D eigenvalue weighted by atomic mass is 35.5. The molecule has 4 rings (SSSR count). The summed E-state index contributed by atoms with van der Waals surface area (Å²) < 4.78 is 29.4. The van der Waals surface area contributed by atoms with Gasteiger partial charge < -0.3 is 0 Å². The van der Waals surface area contributed by atoms with Crippen LogP contribution < -0.4 is 4.72 Å². The molecule has 1 heterocycles. The maximum Gasteiger partial charge on any atom is 0.266 e. The number of sulfonamides is 1. The Morgan fingerprint density at radius 2 is 1.84 bits per heavy atom. The predicted octanol–water partition coefficient (Wildman–Crippen LogP) is 3.75. The molecule has 1 aromatic heterocycles. The van der Waals surface area contributed by atoms with Gasteiger partial charge in [0, 0.05) is 12.7 Å². The Labute approximate surface area is 151 Å². The molecule has 1 N–H and O–H groups in total. The van der Waals surface area contributed by atoms with Crippen molar-refractivity contribution in [3.05, 3.63) is 64.4 Å². The lowest BCUT2D eigenvalue weighted by atomic mass is 10.1. The van der Waals surface area contributed by atoms with E-state index in [0.717, 1.165) is 17.5 Å². The lowest BCUT2D eigenvalue weighted by molar-refractivity contribution is 0.600. The van der Waals surface area contributed by atoms with Crippen LogP contribution in [-0.2, 0) is 23.5 Å². The summed E-state index contributed by atoms with van der Waals surface area (Å²) in [5, 5.41) is 4.16. The second kappa shape index (κ2) is 5.61. The normalized spacial score (nSPS) is 12.8. The van der Waals surface area contributed by atoms with E-state index in [2.05, 4.69) is 22.0 Å². The highest BCUT2D eigenvalue weighted by Crippen LogP contribution is 2.38. The zero-order chi connectivity index (χ0) is 17.8. The predicted molar refractivity (Wildman–Crippen MR) is 98.4 cm³/mol. The Balaban J connectivity index is 1.70. The van der Waals surface area contributed by atoms with E-state index < -0.39 is 10.0 Å². The van der Waals surface area contributed by atoms with Crippen molar-refractivity contribution in [3.8, 4) is 11.1 Å². The van der Waals surface area contributed by atoms with Gasteiger partial charge in [-0.2, -0.15) is 5.10 Å². The lowest BCUT2D eigenvalue weighted by Crippen LogP contribution is -2.14. The van der Waals surface area contributed by atoms with Crippen LogP contribution in [0.3, 0.4) is 0 Å². The summed E-state index contributed by atoms with van der Waals surface area (Å²) in [6.45, 7) is 1.62. The molecular formula is C18H16ClN3O2S. The number of hydrogen-bond acceptors (Lipinski definition) is 3. The summed E-state index contributed by atoms with van der Waals surface area (Å²) in [7, 11) is -2.19. The van der Waals surface area contributed by atoms with Gasteiger partial charge in [-0.05, 0) is 47.7 Å². The fourth-order valence-electron chi connectivity index (χ4n) is 3.33. The SMILES string of the molecule is Cc1nn(C)c(Cl)c1S(=O)(=O)Nc1ccc2c(c1)Cc1ccccc1-2. The Kier molecular flexibility index (Phi) is 3.63. The molecule has 3 aromatic rings. The van der Waals surface area contributed by atoms with Gasteiger partial charge in [-0.1, -0.05) is 41.9 Å². The fourth-order valence-corrected chi connectivity index (χ4v) is 5.13. The smallest absolute Gasteiger partial charge is 0.266 e. The number of hydrogen-bond donors (Lipinski definition) is 1. The van der Waals surface area contributed by atoms with Crippen molar-refractivity contribution >= 4 is 27.3 Å². The highest BCUT2D eigenvalue weighted by Gasteiger charge is 2.26. The number of anilines is 1. The summed E-state index contributed by atoms with van der Waals surface area (Å²) in [5.74, 6) is 0. The van der Waals surface area contributed by atoms with Gasteiger partial charge in [0.15, 0.2) is 0 Å². The molecular weight excluding hydrogens is 358 g/mol. The van der Waals surface area contributed by atoms with Crippen molar-refractivity contribution in [2.45, 2.75) is 18.2 Å². The topological polar surface area (TPSA) is 64.0 Å². The van der Waals surface area contributed by atoms with Gasteiger partial charge in [-0.25, -0.2) is 8.42 Å². The summed E-state index contributed by atoms with van der Waals surface area (Å²) in [4.78, 5) is 0.0143. The first-order chi connectivity index (χ1) is 11.9. The molecule has 0 saturated carbocycles. The number of nitrogens with one attached hydrogen (secondary N) is 1. The molecule has 0 saturated heterocycles. The van der Waals surface area contributed by atoms with Gasteiger partial charge in [0.05, 0.1) is 5.69 Å². The molecule has 1 aliphatic rings. The third-order valence-electron chi connectivity index (χ3n) is 4.41. The van der Waals surface area contributed by atoms with E-state index in [1.165, 1.54) is 15.8 Å². The zero-order valence-electron chi connectivity index (χ0n) is 13.7. The first kappa shape index (κ1) is 16.2. The molecule has 5 nitrogen and oxygen atoms in total. The second-order valence-electron chi connectivity index (χ2n) is 6.14. The van der Waals surface area contributed by atoms with Crippen molar-refractivity contribution in [2.75, 3.05) is 4.72 Å². The van der Waals surface area contributed by atoms with Crippen molar-refractivity contribution in [2.24, 2.45) is 7.05 Å². The summed E-state index contributed by atoms with van der Waals surface area (Å²) in [6.07, 6.45) is 0.799. The van der Waals surface area contributed by atoms with E-state index in [4.69, 9.17) is 11.6 Å². The third-order valence-corrected chi connectivity index (χ3v) is 6.49. The molecule has 0 amide bonds. The quantitative estimate of drug-likeness (QED) is 0.594.